The molecular formula is C14H14BrIN2O3. The maximum Gasteiger partial charge on any atom is 0.264 e. The third kappa shape index (κ3) is 3.23. The topological polar surface area (TPSA) is 75.2 Å². The van der Waals surface area contributed by atoms with Crippen molar-refractivity contribution < 1.29 is 9.84 Å². The molecule has 0 fully saturated rings. The number of phenolic OH excluding ortho intramolecular Hbond substituents is 1. The van der Waals surface area contributed by atoms with Crippen molar-refractivity contribution in [1.82, 2.24) is 9.97 Å². The molecule has 2 rings (SSSR count). The number of ether oxygens (including phenoxy) is 1. The van der Waals surface area contributed by atoms with Crippen molar-refractivity contribution in [2.45, 2.75) is 19.8 Å². The molecule has 0 aliphatic carbocycles. The first-order chi connectivity index (χ1) is 9.85. The molecule has 112 valence electrons. The van der Waals surface area contributed by atoms with Crippen molar-refractivity contribution in [3.05, 3.63) is 36.2 Å². The minimum atomic E-state index is -0.174. The zero-order valence-corrected chi connectivity index (χ0v) is 15.4. The molecule has 0 saturated carbocycles. The standard InChI is InChI=1S/C14H14BrIN2O3/c1-6(2)11-10(16)14(20)18-13(17-11)7-4-8(15)12(19)9(5-7)21-3/h4-6,19H,1-3H3,(H,17,18,20). The van der Waals surface area contributed by atoms with Gasteiger partial charge in [-0.2, -0.15) is 0 Å². The van der Waals surface area contributed by atoms with Gasteiger partial charge < -0.3 is 14.8 Å². The van der Waals surface area contributed by atoms with E-state index in [4.69, 9.17) is 4.74 Å². The third-order valence-corrected chi connectivity index (χ3v) is 4.60. The summed E-state index contributed by atoms with van der Waals surface area (Å²) in [7, 11) is 1.47. The lowest BCUT2D eigenvalue weighted by atomic mass is 10.1. The Morgan fingerprint density at radius 2 is 2.10 bits per heavy atom. The average Bonchev–Trinajstić information content (AvgIpc) is 2.44. The van der Waals surface area contributed by atoms with E-state index in [0.717, 1.165) is 5.69 Å². The van der Waals surface area contributed by atoms with Crippen LogP contribution in [0.2, 0.25) is 0 Å². The highest BCUT2D eigenvalue weighted by Crippen LogP contribution is 2.37. The van der Waals surface area contributed by atoms with Gasteiger partial charge >= 0.3 is 0 Å². The Kier molecular flexibility index (Phi) is 4.92. The van der Waals surface area contributed by atoms with E-state index in [2.05, 4.69) is 25.9 Å². The summed E-state index contributed by atoms with van der Waals surface area (Å²) in [6.07, 6.45) is 0. The summed E-state index contributed by atoms with van der Waals surface area (Å²) >= 11 is 5.27. The fraction of sp³-hybridized carbons (Fsp3) is 0.286. The molecule has 7 heteroatoms. The highest BCUT2D eigenvalue weighted by Gasteiger charge is 2.16. The molecule has 1 aromatic heterocycles. The van der Waals surface area contributed by atoms with E-state index in [9.17, 15) is 9.90 Å². The highest BCUT2D eigenvalue weighted by molar-refractivity contribution is 14.1. The lowest BCUT2D eigenvalue weighted by molar-refractivity contribution is 0.372. The lowest BCUT2D eigenvalue weighted by Crippen LogP contribution is -2.17. The lowest BCUT2D eigenvalue weighted by Gasteiger charge is -2.11. The van der Waals surface area contributed by atoms with Crippen LogP contribution in [0.3, 0.4) is 0 Å². The molecule has 1 heterocycles. The SMILES string of the molecule is COc1cc(-c2nc(C(C)C)c(I)c(=O)[nH]2)cc(Br)c1O. The van der Waals surface area contributed by atoms with Gasteiger partial charge in [0.25, 0.3) is 5.56 Å². The second-order valence-corrected chi connectivity index (χ2v) is 6.71. The summed E-state index contributed by atoms with van der Waals surface area (Å²) < 4.78 is 6.19. The molecule has 2 aromatic rings. The van der Waals surface area contributed by atoms with E-state index >= 15 is 0 Å². The summed E-state index contributed by atoms with van der Waals surface area (Å²) in [5.74, 6) is 0.911. The van der Waals surface area contributed by atoms with Gasteiger partial charge in [-0.3, -0.25) is 4.79 Å². The molecule has 0 bridgehead atoms. The molecule has 0 saturated heterocycles. The van der Waals surface area contributed by atoms with Gasteiger partial charge in [0, 0.05) is 5.56 Å². The molecule has 0 amide bonds. The predicted molar refractivity (Wildman–Crippen MR) is 93.0 cm³/mol. The molecule has 2 N–H and O–H groups in total. The smallest absolute Gasteiger partial charge is 0.264 e. The Balaban J connectivity index is 2.68. The molecule has 21 heavy (non-hydrogen) atoms. The van der Waals surface area contributed by atoms with Crippen molar-refractivity contribution >= 4 is 38.5 Å². The maximum atomic E-state index is 12.0. The van der Waals surface area contributed by atoms with Crippen molar-refractivity contribution in [2.75, 3.05) is 7.11 Å². The number of nitrogens with zero attached hydrogens (tertiary/aromatic N) is 1. The quantitative estimate of drug-likeness (QED) is 0.680. The van der Waals surface area contributed by atoms with Crippen LogP contribution in [-0.2, 0) is 0 Å². The van der Waals surface area contributed by atoms with E-state index in [0.29, 0.717) is 25.2 Å². The van der Waals surface area contributed by atoms with Crippen molar-refractivity contribution in [3.63, 3.8) is 0 Å². The van der Waals surface area contributed by atoms with Crippen LogP contribution in [0, 0.1) is 3.57 Å². The van der Waals surface area contributed by atoms with Gasteiger partial charge in [0.15, 0.2) is 11.5 Å². The van der Waals surface area contributed by atoms with Crippen molar-refractivity contribution in [3.8, 4) is 22.9 Å². The van der Waals surface area contributed by atoms with Gasteiger partial charge in [0.2, 0.25) is 0 Å². The Morgan fingerprint density at radius 3 is 2.67 bits per heavy atom. The van der Waals surface area contributed by atoms with E-state index < -0.39 is 0 Å². The van der Waals surface area contributed by atoms with Crippen LogP contribution in [-0.4, -0.2) is 22.2 Å². The summed E-state index contributed by atoms with van der Waals surface area (Å²) in [5.41, 5.74) is 1.23. The summed E-state index contributed by atoms with van der Waals surface area (Å²) in [5, 5.41) is 9.85. The molecule has 5 nitrogen and oxygen atoms in total. The van der Waals surface area contributed by atoms with Gasteiger partial charge in [-0.1, -0.05) is 13.8 Å². The first-order valence-corrected chi connectivity index (χ1v) is 8.09. The minimum absolute atomic E-state index is 0.0122. The fourth-order valence-electron chi connectivity index (χ4n) is 1.86. The summed E-state index contributed by atoms with van der Waals surface area (Å²) in [6, 6.07) is 3.32. The van der Waals surface area contributed by atoms with Crippen LogP contribution in [0.25, 0.3) is 11.4 Å². The number of H-pyrrole nitrogens is 1. The van der Waals surface area contributed by atoms with Gasteiger partial charge in [0.1, 0.15) is 5.82 Å². The zero-order chi connectivity index (χ0) is 15.7. The molecule has 0 aliphatic rings. The normalized spacial score (nSPS) is 11.0. The second kappa shape index (κ2) is 6.35. The first-order valence-electron chi connectivity index (χ1n) is 6.21. The monoisotopic (exact) mass is 464 g/mol. The number of aromatic hydroxyl groups is 1. The summed E-state index contributed by atoms with van der Waals surface area (Å²) in [4.78, 5) is 19.3. The van der Waals surface area contributed by atoms with Crippen LogP contribution < -0.4 is 10.3 Å². The molecule has 1 aromatic carbocycles. The van der Waals surface area contributed by atoms with E-state index in [1.807, 2.05) is 36.4 Å². The Hall–Kier alpha value is -1.09. The van der Waals surface area contributed by atoms with Crippen LogP contribution in [0.4, 0.5) is 0 Å². The number of benzene rings is 1. The molecule has 0 aliphatic heterocycles. The van der Waals surface area contributed by atoms with E-state index in [-0.39, 0.29) is 17.2 Å². The number of aromatic amines is 1. The fourth-order valence-corrected chi connectivity index (χ4v) is 3.18. The Bertz CT molecular complexity index is 744. The molecule has 0 atom stereocenters. The number of rotatable bonds is 3. The van der Waals surface area contributed by atoms with Gasteiger partial charge in [-0.25, -0.2) is 4.98 Å². The van der Waals surface area contributed by atoms with Crippen LogP contribution >= 0.6 is 38.5 Å². The number of hydrogen-bond acceptors (Lipinski definition) is 4. The highest BCUT2D eigenvalue weighted by atomic mass is 127. The largest absolute Gasteiger partial charge is 0.503 e. The van der Waals surface area contributed by atoms with Crippen LogP contribution in [0.1, 0.15) is 25.5 Å². The number of halogens is 2. The van der Waals surface area contributed by atoms with Gasteiger partial charge in [0.05, 0.1) is 20.8 Å². The number of methoxy groups -OCH3 is 1. The number of aromatic nitrogens is 2. The van der Waals surface area contributed by atoms with Crippen LogP contribution in [0.15, 0.2) is 21.4 Å². The van der Waals surface area contributed by atoms with Gasteiger partial charge in [-0.15, -0.1) is 0 Å². The zero-order valence-electron chi connectivity index (χ0n) is 11.7. The molecule has 0 radical (unpaired) electrons. The molecule has 0 spiro atoms. The Morgan fingerprint density at radius 1 is 1.43 bits per heavy atom. The van der Waals surface area contributed by atoms with Crippen molar-refractivity contribution in [2.24, 2.45) is 0 Å². The molecular weight excluding hydrogens is 451 g/mol. The van der Waals surface area contributed by atoms with Gasteiger partial charge in [-0.05, 0) is 56.6 Å². The third-order valence-electron chi connectivity index (χ3n) is 2.96. The second-order valence-electron chi connectivity index (χ2n) is 4.78. The number of nitrogens with one attached hydrogen (secondary N) is 1. The van der Waals surface area contributed by atoms with E-state index in [1.54, 1.807) is 12.1 Å². The molecule has 0 unspecified atom stereocenters. The minimum Gasteiger partial charge on any atom is -0.503 e. The van der Waals surface area contributed by atoms with Crippen molar-refractivity contribution in [1.29, 1.82) is 0 Å². The average molecular weight is 465 g/mol. The van der Waals surface area contributed by atoms with Crippen LogP contribution in [0.5, 0.6) is 11.5 Å². The number of hydrogen-bond donors (Lipinski definition) is 2. The maximum absolute atomic E-state index is 12.0. The van der Waals surface area contributed by atoms with E-state index in [1.165, 1.54) is 7.11 Å². The number of phenols is 1. The Labute approximate surface area is 144 Å². The summed E-state index contributed by atoms with van der Waals surface area (Å²) in [6.45, 7) is 3.97. The predicted octanol–water partition coefficient (Wildman–Crippen LogP) is 3.64. The first kappa shape index (κ1) is 16.3.